The van der Waals surface area contributed by atoms with E-state index in [4.69, 9.17) is 10.5 Å². The topological polar surface area (TPSA) is 77.6 Å². The Hall–Kier alpha value is 0.503. The van der Waals surface area contributed by atoms with Crippen LogP contribution in [0.5, 0.6) is 0 Å². The zero-order valence-electron chi connectivity index (χ0n) is 2.02. The molecule has 2 N–H and O–H groups in total. The molecule has 0 aliphatic carbocycles. The maximum Gasteiger partial charge on any atom is 2.00 e. The normalized spacial score (nSPS) is 1.50. The Morgan fingerprint density at radius 1 is 1.00 bits per heavy atom. The molecule has 0 aromatic rings. The summed E-state index contributed by atoms with van der Waals surface area (Å²) >= 11 is 0. The van der Waals surface area contributed by atoms with E-state index in [2.05, 4.69) is 0 Å². The first-order valence-electron chi connectivity index (χ1n) is 0.167. The molecule has 0 bridgehead atoms. The van der Waals surface area contributed by atoms with Crippen LogP contribution in [0.1, 0.15) is 0 Å². The predicted octanol–water partition coefficient (Wildman–Crippen LogP) is -3.21. The fourth-order valence-corrected chi connectivity index (χ4v) is 0. The van der Waals surface area contributed by atoms with E-state index in [0.717, 1.165) is 0 Å². The van der Waals surface area contributed by atoms with Gasteiger partial charge in [-0.15, -0.1) is 0 Å². The second kappa shape index (κ2) is 86.6. The van der Waals surface area contributed by atoms with Crippen molar-refractivity contribution in [2.75, 3.05) is 0 Å². The molecule has 0 aromatic carbocycles. The van der Waals surface area contributed by atoms with Gasteiger partial charge in [-0.05, 0) is 0 Å². The van der Waals surface area contributed by atoms with Crippen LogP contribution in [-0.4, -0.2) is 5.48 Å². The van der Waals surface area contributed by atoms with Crippen molar-refractivity contribution in [3.63, 3.8) is 0 Å². The van der Waals surface area contributed by atoms with Crippen molar-refractivity contribution >= 4 is 0 Å². The fourth-order valence-electron chi connectivity index (χ4n) is 0. The van der Waals surface area contributed by atoms with Crippen LogP contribution in [0.4, 0.5) is 0 Å². The Morgan fingerprint density at radius 2 is 1.00 bits per heavy atom. The van der Waals surface area contributed by atoms with Gasteiger partial charge in [-0.1, -0.05) is 0 Å². The standard InChI is InChI=1S/O2.H2O.Zn/c1-2;;/h;1H2;/q-2;;+2. The van der Waals surface area contributed by atoms with Crippen LogP contribution < -0.4 is 10.5 Å². The molecule has 0 heterocycles. The molecule has 0 saturated carbocycles. The Morgan fingerprint density at radius 3 is 1.00 bits per heavy atom. The molecule has 0 fully saturated rings. The van der Waals surface area contributed by atoms with E-state index in [1.54, 1.807) is 0 Å². The zero-order chi connectivity index (χ0) is 2.00. The number of hydrogen-bond donors (Lipinski definition) is 0. The third-order valence-corrected chi connectivity index (χ3v) is 0. The fraction of sp³-hybridized carbons (Fsp3) is 0. The van der Waals surface area contributed by atoms with E-state index in [-0.39, 0.29) is 25.0 Å². The molecule has 0 radical (unpaired) electrons. The van der Waals surface area contributed by atoms with Crippen LogP contribution in [0.3, 0.4) is 0 Å². The van der Waals surface area contributed by atoms with Gasteiger partial charge in [-0.2, -0.15) is 0 Å². The third kappa shape index (κ3) is 22.3. The average molecular weight is 115 g/mol. The quantitative estimate of drug-likeness (QED) is 0.189. The summed E-state index contributed by atoms with van der Waals surface area (Å²) in [5.41, 5.74) is 0. The molecule has 4 heavy (non-hydrogen) atoms. The molecule has 0 unspecified atom stereocenters. The molecule has 0 spiro atoms. The Kier molecular flexibility index (Phi) is 530. The average Bonchev–Trinajstić information content (AvgIpc) is 1.00. The van der Waals surface area contributed by atoms with E-state index < -0.39 is 0 Å². The van der Waals surface area contributed by atoms with Gasteiger partial charge in [0.2, 0.25) is 0 Å². The molecule has 3 nitrogen and oxygen atoms in total. The third-order valence-electron chi connectivity index (χ3n) is 0. The van der Waals surface area contributed by atoms with Gasteiger partial charge in [-0.25, -0.2) is 0 Å². The summed E-state index contributed by atoms with van der Waals surface area (Å²) in [6, 6.07) is 0. The van der Waals surface area contributed by atoms with Crippen molar-refractivity contribution in [1.29, 1.82) is 0 Å². The van der Waals surface area contributed by atoms with Gasteiger partial charge in [0.15, 0.2) is 0 Å². The van der Waals surface area contributed by atoms with Gasteiger partial charge in [0.1, 0.15) is 0 Å². The second-order valence-corrected chi connectivity index (χ2v) is 0. The molecular weight excluding hydrogens is 113 g/mol. The van der Waals surface area contributed by atoms with Gasteiger partial charge in [-0.3, -0.25) is 0 Å². The van der Waals surface area contributed by atoms with Crippen molar-refractivity contribution in [3.05, 3.63) is 0 Å². The van der Waals surface area contributed by atoms with E-state index >= 15 is 0 Å². The van der Waals surface area contributed by atoms with Crippen LogP contribution >= 0.6 is 0 Å². The smallest absolute Gasteiger partial charge is 1.00 e. The Bertz CT molecular complexity index is 3.25. The summed E-state index contributed by atoms with van der Waals surface area (Å²) < 4.78 is 0. The Balaban J connectivity index is -0.00000000500. The minimum Gasteiger partial charge on any atom is -1.00 e. The molecule has 22 valence electrons. The molecule has 0 aliphatic heterocycles. The van der Waals surface area contributed by atoms with Crippen LogP contribution in [0.25, 0.3) is 0 Å². The van der Waals surface area contributed by atoms with Crippen molar-refractivity contribution in [1.82, 2.24) is 0 Å². The van der Waals surface area contributed by atoms with Gasteiger partial charge in [0.05, 0.1) is 0 Å². The summed E-state index contributed by atoms with van der Waals surface area (Å²) in [5, 5.41) is 14.0. The second-order valence-electron chi connectivity index (χ2n) is 0. The maximum atomic E-state index is 7.00. The number of rotatable bonds is 0. The number of hydrogen-bond acceptors (Lipinski definition) is 2. The molecule has 4 heteroatoms. The SMILES string of the molecule is O.[O-][O-].[Zn+2]. The molecule has 0 atom stereocenters. The van der Waals surface area contributed by atoms with Gasteiger partial charge < -0.3 is 16.0 Å². The van der Waals surface area contributed by atoms with E-state index in [1.165, 1.54) is 0 Å². The maximum absolute atomic E-state index is 7.00. The largest absolute Gasteiger partial charge is 2.00 e. The van der Waals surface area contributed by atoms with Crippen molar-refractivity contribution in [2.45, 2.75) is 0 Å². The first-order chi connectivity index (χ1) is 1.00. The van der Waals surface area contributed by atoms with Crippen molar-refractivity contribution in [2.24, 2.45) is 0 Å². The monoisotopic (exact) mass is 114 g/mol. The van der Waals surface area contributed by atoms with Crippen molar-refractivity contribution in [3.8, 4) is 0 Å². The van der Waals surface area contributed by atoms with E-state index in [0.29, 0.717) is 0 Å². The van der Waals surface area contributed by atoms with Crippen LogP contribution in [0.15, 0.2) is 0 Å². The minimum absolute atomic E-state index is 0. The van der Waals surface area contributed by atoms with E-state index in [1.807, 2.05) is 0 Å². The van der Waals surface area contributed by atoms with Crippen LogP contribution in [-0.2, 0) is 19.5 Å². The predicted molar refractivity (Wildman–Crippen MR) is 3.61 cm³/mol. The van der Waals surface area contributed by atoms with Crippen LogP contribution in [0.2, 0.25) is 0 Å². The first kappa shape index (κ1) is 24.5. The molecule has 0 amide bonds. The molecular formula is H2O3Zn. The first-order valence-corrected chi connectivity index (χ1v) is 0.167. The van der Waals surface area contributed by atoms with Crippen molar-refractivity contribution < 1.29 is 35.5 Å². The van der Waals surface area contributed by atoms with Gasteiger partial charge in [0, 0.05) is 0 Å². The molecule has 0 rings (SSSR count). The minimum atomic E-state index is 0. The summed E-state index contributed by atoms with van der Waals surface area (Å²) in [5.74, 6) is 0. The summed E-state index contributed by atoms with van der Waals surface area (Å²) in [6.07, 6.45) is 0. The van der Waals surface area contributed by atoms with Gasteiger partial charge >= 0.3 is 19.5 Å². The molecule has 0 aliphatic rings. The Labute approximate surface area is 36.3 Å². The molecule has 0 aromatic heterocycles. The van der Waals surface area contributed by atoms with Gasteiger partial charge in [0.25, 0.3) is 0 Å². The van der Waals surface area contributed by atoms with E-state index in [9.17, 15) is 0 Å². The molecule has 0 saturated heterocycles. The zero-order valence-corrected chi connectivity index (χ0v) is 4.99. The van der Waals surface area contributed by atoms with Crippen LogP contribution in [0, 0.1) is 0 Å². The summed E-state index contributed by atoms with van der Waals surface area (Å²) in [4.78, 5) is 0. The summed E-state index contributed by atoms with van der Waals surface area (Å²) in [6.45, 7) is 0. The summed E-state index contributed by atoms with van der Waals surface area (Å²) in [7, 11) is 0.